The number of aliphatic imine (C=N–C) groups is 1. The maximum absolute atomic E-state index is 9.62. The molecule has 0 bridgehead atoms. The van der Waals surface area contributed by atoms with Gasteiger partial charge in [-0.3, -0.25) is 0 Å². The highest BCUT2D eigenvalue weighted by Gasteiger charge is 2.10. The minimum absolute atomic E-state index is 0.589. The van der Waals surface area contributed by atoms with Gasteiger partial charge in [0.25, 0.3) is 0 Å². The molecule has 0 N–H and O–H groups in total. The lowest BCUT2D eigenvalue weighted by Gasteiger charge is -2.15. The Morgan fingerprint density at radius 1 is 1.75 bits per heavy atom. The van der Waals surface area contributed by atoms with Crippen molar-refractivity contribution >= 4 is 22.7 Å². The van der Waals surface area contributed by atoms with Crippen LogP contribution in [-0.4, -0.2) is 28.4 Å². The van der Waals surface area contributed by atoms with E-state index < -0.39 is 5.72 Å². The molecule has 44 valence electrons. The van der Waals surface area contributed by atoms with E-state index in [1.807, 2.05) is 0 Å². The van der Waals surface area contributed by atoms with E-state index in [4.69, 9.17) is 3.79 Å². The standard InChI is InChI=1S/C4H6NO2.Al.2H/c1-4(2,7)5-3-6;;;/h1-2H3;;;/q-1;+1;;. The monoisotopic (exact) mass is 129 g/mol. The maximum Gasteiger partial charge on any atom is 0.412 e. The molecule has 0 saturated carbocycles. The smallest absolute Gasteiger partial charge is 0.412 e. The highest BCUT2D eigenvalue weighted by molar-refractivity contribution is 5.98. The SMILES string of the molecule is CC(C)(N=C=O)[O][AlH2]. The molecule has 0 aromatic rings. The molecule has 0 amide bonds. The molecule has 0 aromatic heterocycles. The number of rotatable bonds is 2. The van der Waals surface area contributed by atoms with Crippen molar-refractivity contribution in [3.63, 3.8) is 0 Å². The Hall–Kier alpha value is -0.128. The summed E-state index contributed by atoms with van der Waals surface area (Å²) in [6.45, 7) is 3.43. The van der Waals surface area contributed by atoms with Gasteiger partial charge in [-0.25, -0.2) is 4.79 Å². The second-order valence-electron chi connectivity index (χ2n) is 1.85. The van der Waals surface area contributed by atoms with E-state index in [9.17, 15) is 4.79 Å². The first-order valence-electron chi connectivity index (χ1n) is 2.26. The van der Waals surface area contributed by atoms with Crippen LogP contribution in [0.3, 0.4) is 0 Å². The number of nitrogens with zero attached hydrogens (tertiary/aromatic N) is 1. The summed E-state index contributed by atoms with van der Waals surface area (Å²) < 4.78 is 4.89. The Morgan fingerprint density at radius 2 is 2.25 bits per heavy atom. The van der Waals surface area contributed by atoms with Gasteiger partial charge in [0.15, 0.2) is 0 Å². The van der Waals surface area contributed by atoms with E-state index in [-0.39, 0.29) is 0 Å². The molecule has 8 heavy (non-hydrogen) atoms. The number of hydrogen-bond donors (Lipinski definition) is 0. The second-order valence-corrected chi connectivity index (χ2v) is 2.26. The lowest BCUT2D eigenvalue weighted by molar-refractivity contribution is 0.135. The summed E-state index contributed by atoms with van der Waals surface area (Å²) in [6.07, 6.45) is 1.43. The van der Waals surface area contributed by atoms with Crippen LogP contribution in [0.1, 0.15) is 13.8 Å². The van der Waals surface area contributed by atoms with Crippen LogP contribution in [0.15, 0.2) is 4.99 Å². The van der Waals surface area contributed by atoms with E-state index in [0.717, 1.165) is 0 Å². The molecule has 4 heteroatoms. The summed E-state index contributed by atoms with van der Waals surface area (Å²) in [6, 6.07) is 0. The zero-order valence-corrected chi connectivity index (χ0v) is 7.26. The number of isocyanates is 1. The van der Waals surface area contributed by atoms with Crippen molar-refractivity contribution in [2.75, 3.05) is 0 Å². The molecule has 3 nitrogen and oxygen atoms in total. The predicted molar refractivity (Wildman–Crippen MR) is 31.8 cm³/mol. The van der Waals surface area contributed by atoms with Crippen LogP contribution in [0.5, 0.6) is 0 Å². The second kappa shape index (κ2) is 3.01. The molecule has 0 radical (unpaired) electrons. The van der Waals surface area contributed by atoms with Gasteiger partial charge in [-0.1, -0.05) is 0 Å². The quantitative estimate of drug-likeness (QED) is 0.289. The van der Waals surface area contributed by atoms with E-state index in [0.29, 0.717) is 16.6 Å². The first-order chi connectivity index (χ1) is 3.62. The molecule has 0 unspecified atom stereocenters. The molecular formula is C4H8AlNO2. The van der Waals surface area contributed by atoms with Crippen LogP contribution in [0.25, 0.3) is 0 Å². The Morgan fingerprint density at radius 3 is 2.38 bits per heavy atom. The third-order valence-electron chi connectivity index (χ3n) is 0.814. The molecule has 0 heterocycles. The number of hydrogen-bond acceptors (Lipinski definition) is 3. The van der Waals surface area contributed by atoms with Crippen LogP contribution in [-0.2, 0) is 8.58 Å². The average molecular weight is 129 g/mol. The minimum Gasteiger partial charge on any atom is -0.485 e. The maximum atomic E-state index is 9.62. The fraction of sp³-hybridized carbons (Fsp3) is 0.750. The van der Waals surface area contributed by atoms with Gasteiger partial charge in [0.05, 0.1) is 0 Å². The van der Waals surface area contributed by atoms with Gasteiger partial charge in [0, 0.05) is 0 Å². The van der Waals surface area contributed by atoms with Crippen molar-refractivity contribution in [1.82, 2.24) is 0 Å². The summed E-state index contributed by atoms with van der Waals surface area (Å²) in [4.78, 5) is 13.0. The first-order valence-corrected chi connectivity index (χ1v) is 3.08. The minimum atomic E-state index is -0.645. The van der Waals surface area contributed by atoms with Crippen molar-refractivity contribution in [1.29, 1.82) is 0 Å². The summed E-state index contributed by atoms with van der Waals surface area (Å²) >= 11 is 0.589. The van der Waals surface area contributed by atoms with Crippen LogP contribution in [0, 0.1) is 0 Å². The fourth-order valence-electron chi connectivity index (χ4n) is 0.156. The topological polar surface area (TPSA) is 38.7 Å². The average Bonchev–Trinajstić information content (AvgIpc) is 1.67. The normalized spacial score (nSPS) is 10.2. The van der Waals surface area contributed by atoms with Crippen molar-refractivity contribution < 1.29 is 8.58 Å². The highest BCUT2D eigenvalue weighted by Crippen LogP contribution is 2.05. The summed E-state index contributed by atoms with van der Waals surface area (Å²) in [5.74, 6) is 0. The van der Waals surface area contributed by atoms with E-state index in [1.165, 1.54) is 6.08 Å². The predicted octanol–water partition coefficient (Wildman–Crippen LogP) is -0.377. The lowest BCUT2D eigenvalue weighted by atomic mass is 10.3. The van der Waals surface area contributed by atoms with Gasteiger partial charge in [-0.15, -0.1) is 0 Å². The Labute approximate surface area is 56.5 Å². The van der Waals surface area contributed by atoms with Crippen LogP contribution in [0.2, 0.25) is 0 Å². The zero-order chi connectivity index (χ0) is 6.62. The van der Waals surface area contributed by atoms with Gasteiger partial charge in [-0.05, 0) is 13.8 Å². The molecule has 0 aliphatic rings. The third kappa shape index (κ3) is 2.95. The molecule has 0 rings (SSSR count). The number of carbonyl (C=O) groups excluding carboxylic acids is 1. The van der Waals surface area contributed by atoms with Gasteiger partial charge in [-0.2, -0.15) is 4.99 Å². The van der Waals surface area contributed by atoms with Crippen molar-refractivity contribution in [3.8, 4) is 0 Å². The van der Waals surface area contributed by atoms with Crippen molar-refractivity contribution in [2.45, 2.75) is 19.6 Å². The summed E-state index contributed by atoms with van der Waals surface area (Å²) in [5, 5.41) is 0. The van der Waals surface area contributed by atoms with Gasteiger partial charge in [0.2, 0.25) is 6.08 Å². The van der Waals surface area contributed by atoms with E-state index in [1.54, 1.807) is 13.8 Å². The zero-order valence-electron chi connectivity index (χ0n) is 5.26. The molecule has 0 atom stereocenters. The van der Waals surface area contributed by atoms with E-state index >= 15 is 0 Å². The van der Waals surface area contributed by atoms with Gasteiger partial charge < -0.3 is 3.79 Å². The van der Waals surface area contributed by atoms with Crippen LogP contribution >= 0.6 is 0 Å². The first kappa shape index (κ1) is 7.87. The van der Waals surface area contributed by atoms with Crippen molar-refractivity contribution in [3.05, 3.63) is 0 Å². The molecule has 0 aromatic carbocycles. The largest absolute Gasteiger partial charge is 0.485 e. The molecular weight excluding hydrogens is 121 g/mol. The highest BCUT2D eigenvalue weighted by atomic mass is 27.1. The molecule has 0 saturated heterocycles. The molecule has 0 aliphatic heterocycles. The lowest BCUT2D eigenvalue weighted by Crippen LogP contribution is -2.18. The Kier molecular flexibility index (Phi) is 2.96. The van der Waals surface area contributed by atoms with Crippen LogP contribution < -0.4 is 0 Å². The van der Waals surface area contributed by atoms with Gasteiger partial charge in [0.1, 0.15) is 5.72 Å². The molecule has 0 aliphatic carbocycles. The molecule has 0 spiro atoms. The van der Waals surface area contributed by atoms with Crippen LogP contribution in [0.4, 0.5) is 0 Å². The summed E-state index contributed by atoms with van der Waals surface area (Å²) in [5.41, 5.74) is -0.645. The Balaban J connectivity index is 3.90. The van der Waals surface area contributed by atoms with Crippen molar-refractivity contribution in [2.24, 2.45) is 4.99 Å². The van der Waals surface area contributed by atoms with Gasteiger partial charge >= 0.3 is 16.6 Å². The Bertz CT molecular complexity index is 117. The third-order valence-corrected chi connectivity index (χ3v) is 1.81. The fourth-order valence-corrected chi connectivity index (χ4v) is 0.247. The van der Waals surface area contributed by atoms with E-state index in [2.05, 4.69) is 4.99 Å². The summed E-state index contributed by atoms with van der Waals surface area (Å²) in [7, 11) is 0. The molecule has 0 fully saturated rings.